The summed E-state index contributed by atoms with van der Waals surface area (Å²) in [7, 11) is -1.92. The molecule has 0 spiro atoms. The maximum Gasteiger partial charge on any atom is 0.225 e. The molecule has 0 saturated heterocycles. The van der Waals surface area contributed by atoms with Gasteiger partial charge >= 0.3 is 0 Å². The van der Waals surface area contributed by atoms with Crippen molar-refractivity contribution in [3.05, 3.63) is 28.8 Å². The van der Waals surface area contributed by atoms with Crippen LogP contribution in [0.2, 0.25) is 23.3 Å². The summed E-state index contributed by atoms with van der Waals surface area (Å²) in [5.74, 6) is -1.56. The van der Waals surface area contributed by atoms with Crippen LogP contribution in [0, 0.1) is 11.9 Å². The maximum atomic E-state index is 13.7. The van der Waals surface area contributed by atoms with Crippen LogP contribution >= 0.6 is 11.6 Å². The molecule has 3 nitrogen and oxygen atoms in total. The first-order valence-corrected chi connectivity index (χ1v) is 10.2. The standard InChI is InChI=1S/C15H23ClFNO2Si/c1-10(9-20-21(5,6)15(2,3)4)13(19)11-7-8-12(16)18-14(11)17/h7-8,10H,9H2,1-6H3/t10-/m1/s1. The van der Waals surface area contributed by atoms with Gasteiger partial charge in [0, 0.05) is 12.5 Å². The van der Waals surface area contributed by atoms with Crippen molar-refractivity contribution in [1.29, 1.82) is 0 Å². The third-order valence-corrected chi connectivity index (χ3v) is 8.74. The van der Waals surface area contributed by atoms with Crippen LogP contribution in [0.3, 0.4) is 0 Å². The minimum atomic E-state index is -1.92. The van der Waals surface area contributed by atoms with Gasteiger partial charge in [0.2, 0.25) is 5.95 Å². The summed E-state index contributed by atoms with van der Waals surface area (Å²) in [5.41, 5.74) is -0.0364. The average molecular weight is 332 g/mol. The summed E-state index contributed by atoms with van der Waals surface area (Å²) in [5, 5.41) is 0.109. The lowest BCUT2D eigenvalue weighted by atomic mass is 10.0. The van der Waals surface area contributed by atoms with Gasteiger partial charge in [-0.25, -0.2) is 4.98 Å². The predicted molar refractivity (Wildman–Crippen MR) is 85.8 cm³/mol. The van der Waals surface area contributed by atoms with E-state index in [4.69, 9.17) is 16.0 Å². The Kier molecular flexibility index (Phi) is 5.69. The first-order valence-electron chi connectivity index (χ1n) is 6.96. The smallest absolute Gasteiger partial charge is 0.225 e. The monoisotopic (exact) mass is 331 g/mol. The molecule has 0 N–H and O–H groups in total. The number of carbonyl (C=O) groups excluding carboxylic acids is 1. The van der Waals surface area contributed by atoms with Gasteiger partial charge in [-0.15, -0.1) is 0 Å². The van der Waals surface area contributed by atoms with E-state index in [0.717, 1.165) is 0 Å². The van der Waals surface area contributed by atoms with Crippen molar-refractivity contribution in [2.45, 2.75) is 45.8 Å². The molecule has 0 aliphatic heterocycles. The molecule has 1 rings (SSSR count). The van der Waals surface area contributed by atoms with E-state index in [2.05, 4.69) is 38.8 Å². The second-order valence-electron chi connectivity index (χ2n) is 6.81. The molecular weight excluding hydrogens is 309 g/mol. The molecule has 0 radical (unpaired) electrons. The Bertz CT molecular complexity index is 529. The zero-order chi connectivity index (χ0) is 16.4. The number of rotatable bonds is 5. The van der Waals surface area contributed by atoms with Crippen molar-refractivity contribution in [2.24, 2.45) is 5.92 Å². The third kappa shape index (κ3) is 4.59. The van der Waals surface area contributed by atoms with E-state index in [1.54, 1.807) is 6.92 Å². The van der Waals surface area contributed by atoms with E-state index in [-0.39, 0.29) is 28.1 Å². The van der Waals surface area contributed by atoms with Crippen LogP contribution in [-0.2, 0) is 4.43 Å². The summed E-state index contributed by atoms with van der Waals surface area (Å²) >= 11 is 5.59. The molecule has 0 aromatic carbocycles. The molecule has 1 atom stereocenters. The van der Waals surface area contributed by atoms with Crippen molar-refractivity contribution in [2.75, 3.05) is 6.61 Å². The molecule has 1 aromatic rings. The summed E-state index contributed by atoms with van der Waals surface area (Å²) in [4.78, 5) is 15.7. The van der Waals surface area contributed by atoms with Crippen LogP contribution in [0.4, 0.5) is 4.39 Å². The minimum Gasteiger partial charge on any atom is -0.416 e. The third-order valence-electron chi connectivity index (χ3n) is 4.03. The van der Waals surface area contributed by atoms with Gasteiger partial charge in [0.1, 0.15) is 5.15 Å². The van der Waals surface area contributed by atoms with Gasteiger partial charge in [0.25, 0.3) is 0 Å². The summed E-state index contributed by atoms with van der Waals surface area (Å²) in [6, 6.07) is 2.79. The SMILES string of the molecule is C[C@H](CO[Si](C)(C)C(C)(C)C)C(=O)c1ccc(Cl)nc1F. The Balaban J connectivity index is 2.76. The molecule has 0 aliphatic rings. The van der Waals surface area contributed by atoms with Crippen LogP contribution in [0.1, 0.15) is 38.1 Å². The maximum absolute atomic E-state index is 13.7. The summed E-state index contributed by atoms with van der Waals surface area (Å²) < 4.78 is 19.7. The van der Waals surface area contributed by atoms with E-state index in [9.17, 15) is 9.18 Å². The van der Waals surface area contributed by atoms with E-state index >= 15 is 0 Å². The van der Waals surface area contributed by atoms with Gasteiger partial charge in [0.15, 0.2) is 14.1 Å². The van der Waals surface area contributed by atoms with E-state index in [1.807, 2.05) is 0 Å². The van der Waals surface area contributed by atoms with E-state index < -0.39 is 20.2 Å². The molecule has 0 aliphatic carbocycles. The number of aromatic nitrogens is 1. The van der Waals surface area contributed by atoms with Crippen LogP contribution in [-0.4, -0.2) is 25.7 Å². The molecule has 1 aromatic heterocycles. The molecule has 0 fully saturated rings. The lowest BCUT2D eigenvalue weighted by Gasteiger charge is -2.36. The van der Waals surface area contributed by atoms with Crippen LogP contribution in [0.5, 0.6) is 0 Å². The first kappa shape index (κ1) is 18.3. The number of ketones is 1. The van der Waals surface area contributed by atoms with Crippen molar-refractivity contribution < 1.29 is 13.6 Å². The van der Waals surface area contributed by atoms with Gasteiger partial charge < -0.3 is 4.43 Å². The lowest BCUT2D eigenvalue weighted by molar-refractivity contribution is 0.0877. The fourth-order valence-electron chi connectivity index (χ4n) is 1.49. The fraction of sp³-hybridized carbons (Fsp3) is 0.600. The van der Waals surface area contributed by atoms with Crippen LogP contribution in [0.15, 0.2) is 12.1 Å². The van der Waals surface area contributed by atoms with Gasteiger partial charge in [-0.1, -0.05) is 39.3 Å². The largest absolute Gasteiger partial charge is 0.416 e. The van der Waals surface area contributed by atoms with Crippen molar-refractivity contribution in [3.63, 3.8) is 0 Å². The van der Waals surface area contributed by atoms with Crippen molar-refractivity contribution in [1.82, 2.24) is 4.98 Å². The fourth-order valence-corrected chi connectivity index (χ4v) is 2.72. The zero-order valence-corrected chi connectivity index (χ0v) is 15.2. The topological polar surface area (TPSA) is 39.2 Å². The molecule has 1 heterocycles. The number of nitrogens with zero attached hydrogens (tertiary/aromatic N) is 1. The van der Waals surface area contributed by atoms with Crippen molar-refractivity contribution >= 4 is 25.7 Å². The van der Waals surface area contributed by atoms with Crippen molar-refractivity contribution in [3.8, 4) is 0 Å². The molecule has 118 valence electrons. The predicted octanol–water partition coefficient (Wildman–Crippen LogP) is 4.71. The van der Waals surface area contributed by atoms with Gasteiger partial charge in [0.05, 0.1) is 5.56 Å². The van der Waals surface area contributed by atoms with Crippen LogP contribution < -0.4 is 0 Å². The van der Waals surface area contributed by atoms with Gasteiger partial charge in [-0.2, -0.15) is 4.39 Å². The summed E-state index contributed by atoms with van der Waals surface area (Å²) in [6.07, 6.45) is 0. The van der Waals surface area contributed by atoms with Gasteiger partial charge in [-0.3, -0.25) is 4.79 Å². The molecule has 0 bridgehead atoms. The van der Waals surface area contributed by atoms with Gasteiger partial charge in [-0.05, 0) is 30.3 Å². The highest BCUT2D eigenvalue weighted by molar-refractivity contribution is 6.74. The number of hydrogen-bond donors (Lipinski definition) is 0. The second kappa shape index (κ2) is 6.54. The molecule has 21 heavy (non-hydrogen) atoms. The number of carbonyl (C=O) groups is 1. The quantitative estimate of drug-likeness (QED) is 0.445. The average Bonchev–Trinajstić information content (AvgIpc) is 2.34. The first-order chi connectivity index (χ1) is 9.45. The van der Waals surface area contributed by atoms with E-state index in [0.29, 0.717) is 0 Å². The highest BCUT2D eigenvalue weighted by Crippen LogP contribution is 2.36. The number of Topliss-reactive ketones (excluding diaryl/α,β-unsaturated/α-hetero) is 1. The number of pyridine rings is 1. The Labute approximate surface area is 132 Å². The molecule has 0 saturated carbocycles. The molecule has 0 amide bonds. The summed E-state index contributed by atoms with van der Waals surface area (Å²) in [6.45, 7) is 12.7. The highest BCUT2D eigenvalue weighted by Gasteiger charge is 2.37. The lowest BCUT2D eigenvalue weighted by Crippen LogP contribution is -2.42. The normalized spacial score (nSPS) is 14.1. The number of halogens is 2. The zero-order valence-electron chi connectivity index (χ0n) is 13.5. The minimum absolute atomic E-state index is 0.0363. The highest BCUT2D eigenvalue weighted by atomic mass is 35.5. The second-order valence-corrected chi connectivity index (χ2v) is 12.0. The molecule has 0 unspecified atom stereocenters. The Morgan fingerprint density at radius 3 is 2.48 bits per heavy atom. The Hall–Kier alpha value is -0.783. The molecular formula is C15H23ClFNO2Si. The van der Waals surface area contributed by atoms with E-state index in [1.165, 1.54) is 12.1 Å². The van der Waals surface area contributed by atoms with Crippen LogP contribution in [0.25, 0.3) is 0 Å². The number of hydrogen-bond acceptors (Lipinski definition) is 3. The Morgan fingerprint density at radius 2 is 2.00 bits per heavy atom. The molecule has 6 heteroatoms. The Morgan fingerprint density at radius 1 is 1.43 bits per heavy atom.